The molecule has 0 radical (unpaired) electrons. The Morgan fingerprint density at radius 2 is 1.88 bits per heavy atom. The molecule has 3 rings (SSSR count). The van der Waals surface area contributed by atoms with E-state index in [1.54, 1.807) is 7.11 Å². The lowest BCUT2D eigenvalue weighted by Gasteiger charge is -2.39. The SMILES string of the molecule is COc1ccc(CC(=O)NC2CCC(=O)NC2C2CCCCC2)cc1. The summed E-state index contributed by atoms with van der Waals surface area (Å²) in [5.41, 5.74) is 0.965. The van der Waals surface area contributed by atoms with Crippen LogP contribution < -0.4 is 15.4 Å². The van der Waals surface area contributed by atoms with Gasteiger partial charge in [0.15, 0.2) is 0 Å². The molecule has 0 bridgehead atoms. The van der Waals surface area contributed by atoms with Gasteiger partial charge in [-0.1, -0.05) is 31.4 Å². The Kier molecular flexibility index (Phi) is 5.95. The van der Waals surface area contributed by atoms with Crippen molar-refractivity contribution in [1.29, 1.82) is 0 Å². The molecule has 5 heteroatoms. The molecule has 1 heterocycles. The fourth-order valence-electron chi connectivity index (χ4n) is 4.11. The molecule has 2 amide bonds. The van der Waals surface area contributed by atoms with Gasteiger partial charge in [-0.3, -0.25) is 9.59 Å². The Bertz CT molecular complexity index is 593. The predicted molar refractivity (Wildman–Crippen MR) is 96.4 cm³/mol. The van der Waals surface area contributed by atoms with Gasteiger partial charge < -0.3 is 15.4 Å². The standard InChI is InChI=1S/C20H28N2O3/c1-25-16-9-7-14(8-10-16)13-19(24)21-17-11-12-18(23)22-20(17)15-5-3-2-4-6-15/h7-10,15,17,20H,2-6,11-13H2,1H3,(H,21,24)(H,22,23). The number of rotatable bonds is 5. The van der Waals surface area contributed by atoms with E-state index in [4.69, 9.17) is 4.74 Å². The minimum Gasteiger partial charge on any atom is -0.497 e. The van der Waals surface area contributed by atoms with Gasteiger partial charge >= 0.3 is 0 Å². The van der Waals surface area contributed by atoms with Crippen molar-refractivity contribution in [3.63, 3.8) is 0 Å². The van der Waals surface area contributed by atoms with E-state index in [0.717, 1.165) is 30.6 Å². The Morgan fingerprint density at radius 1 is 1.16 bits per heavy atom. The lowest BCUT2D eigenvalue weighted by Crippen LogP contribution is -2.58. The van der Waals surface area contributed by atoms with Crippen molar-refractivity contribution >= 4 is 11.8 Å². The van der Waals surface area contributed by atoms with Crippen LogP contribution in [0.25, 0.3) is 0 Å². The molecular weight excluding hydrogens is 316 g/mol. The number of hydrogen-bond acceptors (Lipinski definition) is 3. The average Bonchev–Trinajstić information content (AvgIpc) is 2.64. The molecule has 1 aromatic rings. The van der Waals surface area contributed by atoms with Gasteiger partial charge in [0.25, 0.3) is 0 Å². The van der Waals surface area contributed by atoms with Crippen molar-refractivity contribution in [1.82, 2.24) is 10.6 Å². The normalized spacial score (nSPS) is 24.4. The van der Waals surface area contributed by atoms with Crippen LogP contribution in [0.5, 0.6) is 5.75 Å². The molecule has 25 heavy (non-hydrogen) atoms. The third-order valence-corrected chi connectivity index (χ3v) is 5.47. The molecule has 1 aliphatic heterocycles. The highest BCUT2D eigenvalue weighted by molar-refractivity contribution is 5.80. The second-order valence-electron chi connectivity index (χ2n) is 7.23. The Morgan fingerprint density at radius 3 is 2.56 bits per heavy atom. The molecule has 1 saturated carbocycles. The molecule has 2 aliphatic rings. The van der Waals surface area contributed by atoms with Gasteiger partial charge in [-0.15, -0.1) is 0 Å². The van der Waals surface area contributed by atoms with E-state index in [-0.39, 0.29) is 23.9 Å². The van der Waals surface area contributed by atoms with Gasteiger partial charge in [0, 0.05) is 12.5 Å². The van der Waals surface area contributed by atoms with Gasteiger partial charge in [0.2, 0.25) is 11.8 Å². The number of nitrogens with one attached hydrogen (secondary N) is 2. The third kappa shape index (κ3) is 4.74. The molecule has 1 aliphatic carbocycles. The van der Waals surface area contributed by atoms with Crippen LogP contribution in [0.3, 0.4) is 0 Å². The summed E-state index contributed by atoms with van der Waals surface area (Å²) in [6, 6.07) is 7.70. The molecule has 136 valence electrons. The fourth-order valence-corrected chi connectivity index (χ4v) is 4.11. The lowest BCUT2D eigenvalue weighted by molar-refractivity contribution is -0.127. The third-order valence-electron chi connectivity index (χ3n) is 5.47. The first-order valence-corrected chi connectivity index (χ1v) is 9.37. The first kappa shape index (κ1) is 17.8. The van der Waals surface area contributed by atoms with E-state index < -0.39 is 0 Å². The Labute approximate surface area is 149 Å². The summed E-state index contributed by atoms with van der Waals surface area (Å²) in [6.07, 6.45) is 7.62. The fraction of sp³-hybridized carbons (Fsp3) is 0.600. The smallest absolute Gasteiger partial charge is 0.224 e. The van der Waals surface area contributed by atoms with Gasteiger partial charge in [-0.2, -0.15) is 0 Å². The highest BCUT2D eigenvalue weighted by atomic mass is 16.5. The molecule has 1 saturated heterocycles. The molecule has 2 fully saturated rings. The molecule has 2 N–H and O–H groups in total. The quantitative estimate of drug-likeness (QED) is 0.863. The molecule has 1 aromatic carbocycles. The number of hydrogen-bond donors (Lipinski definition) is 2. The van der Waals surface area contributed by atoms with Gasteiger partial charge in [-0.05, 0) is 42.9 Å². The predicted octanol–water partition coefficient (Wildman–Crippen LogP) is 2.58. The summed E-state index contributed by atoms with van der Waals surface area (Å²) >= 11 is 0. The molecule has 0 aromatic heterocycles. The van der Waals surface area contributed by atoms with Crippen LogP contribution in [-0.2, 0) is 16.0 Å². The summed E-state index contributed by atoms with van der Waals surface area (Å²) < 4.78 is 5.15. The first-order valence-electron chi connectivity index (χ1n) is 9.37. The maximum absolute atomic E-state index is 12.5. The summed E-state index contributed by atoms with van der Waals surface area (Å²) in [4.78, 5) is 24.4. The van der Waals surface area contributed by atoms with Crippen LogP contribution in [0.4, 0.5) is 0 Å². The first-order chi connectivity index (χ1) is 12.2. The zero-order valence-corrected chi connectivity index (χ0v) is 14.9. The van der Waals surface area contributed by atoms with Crippen LogP contribution in [0.1, 0.15) is 50.5 Å². The van der Waals surface area contributed by atoms with E-state index >= 15 is 0 Å². The van der Waals surface area contributed by atoms with E-state index in [9.17, 15) is 9.59 Å². The second-order valence-corrected chi connectivity index (χ2v) is 7.23. The Hall–Kier alpha value is -2.04. The summed E-state index contributed by atoms with van der Waals surface area (Å²) in [5, 5.41) is 6.33. The lowest BCUT2D eigenvalue weighted by atomic mass is 9.78. The largest absolute Gasteiger partial charge is 0.497 e. The van der Waals surface area contributed by atoms with Crippen LogP contribution in [-0.4, -0.2) is 31.0 Å². The second kappa shape index (κ2) is 8.37. The number of amides is 2. The van der Waals surface area contributed by atoms with Crippen molar-refractivity contribution in [2.45, 2.75) is 63.5 Å². The van der Waals surface area contributed by atoms with Crippen LogP contribution in [0.2, 0.25) is 0 Å². The van der Waals surface area contributed by atoms with Crippen molar-refractivity contribution in [3.8, 4) is 5.75 Å². The average molecular weight is 344 g/mol. The maximum atomic E-state index is 12.5. The molecule has 2 atom stereocenters. The van der Waals surface area contributed by atoms with Gasteiger partial charge in [0.05, 0.1) is 19.6 Å². The zero-order valence-electron chi connectivity index (χ0n) is 14.9. The van der Waals surface area contributed by atoms with Crippen molar-refractivity contribution in [2.75, 3.05) is 7.11 Å². The number of methoxy groups -OCH3 is 1. The summed E-state index contributed by atoms with van der Waals surface area (Å²) in [7, 11) is 1.63. The van der Waals surface area contributed by atoms with Crippen molar-refractivity contribution < 1.29 is 14.3 Å². The summed E-state index contributed by atoms with van der Waals surface area (Å²) in [5.74, 6) is 1.42. The van der Waals surface area contributed by atoms with Crippen molar-refractivity contribution in [2.24, 2.45) is 5.92 Å². The zero-order chi connectivity index (χ0) is 17.6. The van der Waals surface area contributed by atoms with E-state index in [1.165, 1.54) is 19.3 Å². The van der Waals surface area contributed by atoms with Crippen LogP contribution in [0.15, 0.2) is 24.3 Å². The number of piperidine rings is 1. The molecular formula is C20H28N2O3. The number of benzene rings is 1. The Balaban J connectivity index is 1.59. The highest BCUT2D eigenvalue weighted by Gasteiger charge is 2.35. The van der Waals surface area contributed by atoms with Gasteiger partial charge in [0.1, 0.15) is 5.75 Å². The number of ether oxygens (including phenoxy) is 1. The monoisotopic (exact) mass is 344 g/mol. The minimum atomic E-state index is 0.0205. The van der Waals surface area contributed by atoms with Crippen molar-refractivity contribution in [3.05, 3.63) is 29.8 Å². The number of carbonyl (C=O) groups excluding carboxylic acids is 2. The van der Waals surface area contributed by atoms with Gasteiger partial charge in [-0.25, -0.2) is 0 Å². The van der Waals surface area contributed by atoms with E-state index in [0.29, 0.717) is 18.8 Å². The van der Waals surface area contributed by atoms with E-state index in [1.807, 2.05) is 24.3 Å². The number of carbonyl (C=O) groups is 2. The maximum Gasteiger partial charge on any atom is 0.224 e. The molecule has 5 nitrogen and oxygen atoms in total. The topological polar surface area (TPSA) is 67.4 Å². The summed E-state index contributed by atoms with van der Waals surface area (Å²) in [6.45, 7) is 0. The minimum absolute atomic E-state index is 0.0205. The highest BCUT2D eigenvalue weighted by Crippen LogP contribution is 2.30. The molecule has 2 unspecified atom stereocenters. The molecule has 0 spiro atoms. The van der Waals surface area contributed by atoms with E-state index in [2.05, 4.69) is 10.6 Å². The van der Waals surface area contributed by atoms with Crippen LogP contribution in [0, 0.1) is 5.92 Å². The van der Waals surface area contributed by atoms with Crippen LogP contribution >= 0.6 is 0 Å².